The van der Waals surface area contributed by atoms with Gasteiger partial charge in [0.15, 0.2) is 5.96 Å². The Kier molecular flexibility index (Phi) is 13.9. The van der Waals surface area contributed by atoms with Gasteiger partial charge in [-0.3, -0.25) is 24.2 Å². The highest BCUT2D eigenvalue weighted by molar-refractivity contribution is 5.94. The van der Waals surface area contributed by atoms with Crippen molar-refractivity contribution in [1.82, 2.24) is 16.0 Å². The van der Waals surface area contributed by atoms with Gasteiger partial charge in [0, 0.05) is 13.0 Å². The van der Waals surface area contributed by atoms with Gasteiger partial charge in [-0.2, -0.15) is 0 Å². The molecular formula is C20H38N8O7. The van der Waals surface area contributed by atoms with Gasteiger partial charge < -0.3 is 49.1 Å². The summed E-state index contributed by atoms with van der Waals surface area (Å²) < 4.78 is 0. The van der Waals surface area contributed by atoms with Crippen molar-refractivity contribution in [3.05, 3.63) is 0 Å². The molecule has 0 aromatic heterocycles. The van der Waals surface area contributed by atoms with Crippen LogP contribution in [-0.2, 0) is 24.0 Å². The predicted octanol–water partition coefficient (Wildman–Crippen LogP) is -3.79. The molecule has 0 aliphatic rings. The van der Waals surface area contributed by atoms with Crippen LogP contribution in [0.15, 0.2) is 4.99 Å². The second-order valence-electron chi connectivity index (χ2n) is 8.42. The monoisotopic (exact) mass is 502 g/mol. The number of rotatable bonds is 16. The summed E-state index contributed by atoms with van der Waals surface area (Å²) in [6.07, 6.45) is -1.24. The highest BCUT2D eigenvalue weighted by atomic mass is 16.4. The SMILES string of the molecule is CC(C)C(NC(=O)C(NC(=O)C(N)CCCN=C(N)N)C(C)O)C(=O)NC(CCC(N)=O)C(=O)O. The van der Waals surface area contributed by atoms with Crippen molar-refractivity contribution in [2.24, 2.45) is 33.8 Å². The molecule has 0 rings (SSSR count). The molecule has 13 N–H and O–H groups in total. The second-order valence-corrected chi connectivity index (χ2v) is 8.42. The quantitative estimate of drug-likeness (QED) is 0.0563. The summed E-state index contributed by atoms with van der Waals surface area (Å²) in [5.74, 6) is -5.11. The zero-order valence-electron chi connectivity index (χ0n) is 20.2. The molecule has 0 aromatic rings. The fourth-order valence-corrected chi connectivity index (χ4v) is 2.90. The van der Waals surface area contributed by atoms with Crippen LogP contribution in [0, 0.1) is 5.92 Å². The van der Waals surface area contributed by atoms with E-state index in [1.807, 2.05) is 0 Å². The molecule has 0 aliphatic heterocycles. The minimum Gasteiger partial charge on any atom is -0.480 e. The number of nitrogens with one attached hydrogen (secondary N) is 3. The lowest BCUT2D eigenvalue weighted by molar-refractivity contribution is -0.143. The van der Waals surface area contributed by atoms with Gasteiger partial charge in [0.05, 0.1) is 12.1 Å². The summed E-state index contributed by atoms with van der Waals surface area (Å²) in [5, 5.41) is 26.4. The number of hydrogen-bond acceptors (Lipinski definition) is 8. The maximum atomic E-state index is 12.8. The molecule has 0 aliphatic carbocycles. The van der Waals surface area contributed by atoms with Gasteiger partial charge in [-0.25, -0.2) is 4.79 Å². The maximum Gasteiger partial charge on any atom is 0.326 e. The van der Waals surface area contributed by atoms with Gasteiger partial charge in [-0.1, -0.05) is 13.8 Å². The van der Waals surface area contributed by atoms with Crippen LogP contribution in [0.4, 0.5) is 0 Å². The Hall–Kier alpha value is -3.46. The second kappa shape index (κ2) is 15.4. The smallest absolute Gasteiger partial charge is 0.326 e. The number of aliphatic hydroxyl groups is 1. The van der Waals surface area contributed by atoms with Crippen molar-refractivity contribution in [3.63, 3.8) is 0 Å². The minimum atomic E-state index is -1.44. The maximum absolute atomic E-state index is 12.8. The zero-order valence-corrected chi connectivity index (χ0v) is 20.2. The number of guanidine groups is 1. The summed E-state index contributed by atoms with van der Waals surface area (Å²) in [7, 11) is 0. The van der Waals surface area contributed by atoms with E-state index in [0.717, 1.165) is 0 Å². The third-order valence-electron chi connectivity index (χ3n) is 4.91. The van der Waals surface area contributed by atoms with Crippen molar-refractivity contribution < 1.29 is 34.2 Å². The first-order valence-electron chi connectivity index (χ1n) is 11.1. The van der Waals surface area contributed by atoms with E-state index in [-0.39, 0.29) is 31.8 Å². The summed E-state index contributed by atoms with van der Waals surface area (Å²) in [6, 6.07) is -5.06. The number of carboxylic acids is 1. The molecule has 200 valence electrons. The lowest BCUT2D eigenvalue weighted by Crippen LogP contribution is -2.60. The Morgan fingerprint density at radius 2 is 1.40 bits per heavy atom. The Balaban J connectivity index is 5.24. The number of amides is 4. The topological polar surface area (TPSA) is 278 Å². The van der Waals surface area contributed by atoms with Crippen LogP contribution in [0.2, 0.25) is 0 Å². The largest absolute Gasteiger partial charge is 0.480 e. The molecule has 0 fully saturated rings. The average Bonchev–Trinajstić information content (AvgIpc) is 2.74. The first kappa shape index (κ1) is 31.5. The highest BCUT2D eigenvalue weighted by Gasteiger charge is 2.33. The van der Waals surface area contributed by atoms with E-state index in [1.54, 1.807) is 13.8 Å². The third-order valence-corrected chi connectivity index (χ3v) is 4.91. The van der Waals surface area contributed by atoms with Crippen LogP contribution in [0.1, 0.15) is 46.5 Å². The van der Waals surface area contributed by atoms with Crippen LogP contribution < -0.4 is 38.9 Å². The van der Waals surface area contributed by atoms with Crippen molar-refractivity contribution in [2.45, 2.75) is 76.7 Å². The van der Waals surface area contributed by atoms with Gasteiger partial charge in [0.1, 0.15) is 18.1 Å². The molecule has 0 heterocycles. The third kappa shape index (κ3) is 12.5. The molecule has 0 radical (unpaired) electrons. The van der Waals surface area contributed by atoms with E-state index < -0.39 is 65.8 Å². The van der Waals surface area contributed by atoms with E-state index in [9.17, 15) is 34.2 Å². The Bertz CT molecular complexity index is 783. The van der Waals surface area contributed by atoms with Crippen molar-refractivity contribution in [3.8, 4) is 0 Å². The number of carboxylic acid groups (broad SMARTS) is 1. The molecule has 0 saturated carbocycles. The van der Waals surface area contributed by atoms with Crippen LogP contribution >= 0.6 is 0 Å². The summed E-state index contributed by atoms with van der Waals surface area (Å²) in [4.78, 5) is 64.0. The number of hydrogen-bond donors (Lipinski definition) is 9. The molecule has 0 bridgehead atoms. The van der Waals surface area contributed by atoms with E-state index in [2.05, 4.69) is 20.9 Å². The lowest BCUT2D eigenvalue weighted by Gasteiger charge is -2.28. The molecule has 15 heteroatoms. The van der Waals surface area contributed by atoms with E-state index in [4.69, 9.17) is 22.9 Å². The fourth-order valence-electron chi connectivity index (χ4n) is 2.90. The van der Waals surface area contributed by atoms with Gasteiger partial charge in [0.25, 0.3) is 0 Å². The fraction of sp³-hybridized carbons (Fsp3) is 0.700. The van der Waals surface area contributed by atoms with Crippen LogP contribution in [0.3, 0.4) is 0 Å². The number of aliphatic imine (C=N–C) groups is 1. The molecule has 5 atom stereocenters. The molecule has 4 amide bonds. The summed E-state index contributed by atoms with van der Waals surface area (Å²) >= 11 is 0. The van der Waals surface area contributed by atoms with Crippen molar-refractivity contribution in [1.29, 1.82) is 0 Å². The minimum absolute atomic E-state index is 0.0971. The molecule has 0 saturated heterocycles. The predicted molar refractivity (Wildman–Crippen MR) is 126 cm³/mol. The Morgan fingerprint density at radius 1 is 0.857 bits per heavy atom. The van der Waals surface area contributed by atoms with Crippen LogP contribution in [0.25, 0.3) is 0 Å². The van der Waals surface area contributed by atoms with Crippen molar-refractivity contribution in [2.75, 3.05) is 6.54 Å². The molecule has 5 unspecified atom stereocenters. The van der Waals surface area contributed by atoms with Gasteiger partial charge in [-0.15, -0.1) is 0 Å². The van der Waals surface area contributed by atoms with Gasteiger partial charge >= 0.3 is 5.97 Å². The Labute approximate surface area is 203 Å². The van der Waals surface area contributed by atoms with E-state index in [0.29, 0.717) is 6.42 Å². The number of primary amides is 1. The number of nitrogens with two attached hydrogens (primary N) is 4. The first-order chi connectivity index (χ1) is 16.2. The first-order valence-corrected chi connectivity index (χ1v) is 11.1. The number of nitrogens with zero attached hydrogens (tertiary/aromatic N) is 1. The molecule has 0 aromatic carbocycles. The standard InChI is InChI=1S/C20H38N8O7/c1-9(2)14(17(32)26-12(19(34)35)6-7-13(22)30)27-18(33)15(10(3)29)28-16(31)11(21)5-4-8-25-20(23)24/h9-12,14-15,29H,4-8,21H2,1-3H3,(H2,22,30)(H,26,32)(H,27,33)(H,28,31)(H,34,35)(H4,23,24,25). The number of carbonyl (C=O) groups excluding carboxylic acids is 4. The normalized spacial score (nSPS) is 15.1. The molecule has 35 heavy (non-hydrogen) atoms. The van der Waals surface area contributed by atoms with E-state index >= 15 is 0 Å². The zero-order chi connectivity index (χ0) is 27.3. The number of aliphatic carboxylic acids is 1. The van der Waals surface area contributed by atoms with Crippen LogP contribution in [-0.4, -0.2) is 82.6 Å². The molecular weight excluding hydrogens is 464 g/mol. The van der Waals surface area contributed by atoms with E-state index in [1.165, 1.54) is 6.92 Å². The molecule has 15 nitrogen and oxygen atoms in total. The molecule has 0 spiro atoms. The van der Waals surface area contributed by atoms with Crippen LogP contribution in [0.5, 0.6) is 0 Å². The highest BCUT2D eigenvalue weighted by Crippen LogP contribution is 2.07. The lowest BCUT2D eigenvalue weighted by atomic mass is 10.0. The number of carbonyl (C=O) groups is 5. The summed E-state index contributed by atoms with van der Waals surface area (Å²) in [6.45, 7) is 4.73. The Morgan fingerprint density at radius 3 is 1.86 bits per heavy atom. The van der Waals surface area contributed by atoms with Gasteiger partial charge in [-0.05, 0) is 32.1 Å². The average molecular weight is 503 g/mol. The van der Waals surface area contributed by atoms with Gasteiger partial charge in [0.2, 0.25) is 23.6 Å². The number of aliphatic hydroxyl groups excluding tert-OH is 1. The van der Waals surface area contributed by atoms with Crippen molar-refractivity contribution >= 4 is 35.6 Å². The summed E-state index contributed by atoms with van der Waals surface area (Å²) in [5.41, 5.74) is 21.3.